The van der Waals surface area contributed by atoms with Crippen molar-refractivity contribution in [2.75, 3.05) is 16.0 Å². The molecular formula is C23H22F3N3O. The van der Waals surface area contributed by atoms with Crippen LogP contribution in [0, 0.1) is 0 Å². The maximum Gasteiger partial charge on any atom is 0.416 e. The third kappa shape index (κ3) is 5.53. The highest BCUT2D eigenvalue weighted by atomic mass is 19.4. The van der Waals surface area contributed by atoms with E-state index in [0.717, 1.165) is 29.1 Å². The van der Waals surface area contributed by atoms with Gasteiger partial charge in [0.05, 0.1) is 5.56 Å². The minimum absolute atomic E-state index is 0.0655. The first-order valence-electron chi connectivity index (χ1n) is 9.43. The number of anilines is 4. The second kappa shape index (κ2) is 8.90. The van der Waals surface area contributed by atoms with Gasteiger partial charge in [0, 0.05) is 22.7 Å². The van der Waals surface area contributed by atoms with Crippen LogP contribution in [0.25, 0.3) is 0 Å². The second-order valence-electron chi connectivity index (χ2n) is 7.11. The number of halogens is 3. The third-order valence-electron chi connectivity index (χ3n) is 4.43. The molecule has 0 saturated carbocycles. The van der Waals surface area contributed by atoms with E-state index in [-0.39, 0.29) is 11.6 Å². The fourth-order valence-electron chi connectivity index (χ4n) is 2.98. The van der Waals surface area contributed by atoms with Crippen LogP contribution in [0.4, 0.5) is 40.7 Å². The van der Waals surface area contributed by atoms with Crippen LogP contribution in [-0.2, 0) is 6.18 Å². The van der Waals surface area contributed by atoms with Crippen LogP contribution < -0.4 is 16.0 Å². The number of rotatable bonds is 5. The molecule has 4 nitrogen and oxygen atoms in total. The van der Waals surface area contributed by atoms with Gasteiger partial charge >= 0.3 is 12.2 Å². The van der Waals surface area contributed by atoms with Gasteiger partial charge in [-0.25, -0.2) is 4.79 Å². The molecule has 3 aromatic carbocycles. The number of nitrogens with one attached hydrogen (secondary N) is 3. The van der Waals surface area contributed by atoms with Gasteiger partial charge in [0.25, 0.3) is 0 Å². The number of urea groups is 1. The largest absolute Gasteiger partial charge is 0.416 e. The van der Waals surface area contributed by atoms with Crippen molar-refractivity contribution in [2.24, 2.45) is 0 Å². The molecule has 0 aromatic heterocycles. The summed E-state index contributed by atoms with van der Waals surface area (Å²) in [7, 11) is 0. The summed E-state index contributed by atoms with van der Waals surface area (Å²) in [5.41, 5.74) is 2.54. The van der Waals surface area contributed by atoms with Gasteiger partial charge in [-0.05, 0) is 60.0 Å². The average Bonchev–Trinajstić information content (AvgIpc) is 2.69. The summed E-state index contributed by atoms with van der Waals surface area (Å²) in [4.78, 5) is 12.4. The molecule has 0 saturated heterocycles. The van der Waals surface area contributed by atoms with E-state index in [4.69, 9.17) is 0 Å². The number of carbonyl (C=O) groups is 1. The van der Waals surface area contributed by atoms with Crippen LogP contribution in [-0.4, -0.2) is 6.03 Å². The average molecular weight is 413 g/mol. The third-order valence-corrected chi connectivity index (χ3v) is 4.43. The van der Waals surface area contributed by atoms with E-state index >= 15 is 0 Å². The molecule has 0 fully saturated rings. The highest BCUT2D eigenvalue weighted by Crippen LogP contribution is 2.31. The van der Waals surface area contributed by atoms with Crippen LogP contribution >= 0.6 is 0 Å². The van der Waals surface area contributed by atoms with Gasteiger partial charge in [0.1, 0.15) is 0 Å². The lowest BCUT2D eigenvalue weighted by atomic mass is 10.00. The summed E-state index contributed by atoms with van der Waals surface area (Å²) in [6.07, 6.45) is -4.47. The highest BCUT2D eigenvalue weighted by Gasteiger charge is 2.30. The van der Waals surface area contributed by atoms with E-state index in [1.54, 1.807) is 6.07 Å². The Hall–Kier alpha value is -3.48. The van der Waals surface area contributed by atoms with Crippen molar-refractivity contribution in [3.05, 3.63) is 83.9 Å². The van der Waals surface area contributed by atoms with Gasteiger partial charge in [0.2, 0.25) is 0 Å². The number of para-hydroxylation sites is 1. The second-order valence-corrected chi connectivity index (χ2v) is 7.11. The molecular weight excluding hydrogens is 391 g/mol. The molecule has 0 bridgehead atoms. The quantitative estimate of drug-likeness (QED) is 0.414. The molecule has 0 aliphatic carbocycles. The van der Waals surface area contributed by atoms with Crippen LogP contribution in [0.5, 0.6) is 0 Å². The fraction of sp³-hybridized carbons (Fsp3) is 0.174. The SMILES string of the molecule is CC(C)c1cc(Nc2ccccc2)ccc1NC(=O)Nc1cccc(C(F)(F)F)c1. The monoisotopic (exact) mass is 413 g/mol. The summed E-state index contributed by atoms with van der Waals surface area (Å²) in [5.74, 6) is 0.117. The molecule has 0 atom stereocenters. The number of alkyl halides is 3. The van der Waals surface area contributed by atoms with E-state index in [9.17, 15) is 18.0 Å². The van der Waals surface area contributed by atoms with Crippen molar-refractivity contribution < 1.29 is 18.0 Å². The molecule has 0 aliphatic heterocycles. The van der Waals surface area contributed by atoms with Crippen molar-refractivity contribution in [1.29, 1.82) is 0 Å². The zero-order valence-corrected chi connectivity index (χ0v) is 16.5. The number of hydrogen-bond donors (Lipinski definition) is 3. The van der Waals surface area contributed by atoms with Gasteiger partial charge in [-0.2, -0.15) is 13.2 Å². The minimum atomic E-state index is -4.47. The molecule has 0 spiro atoms. The van der Waals surface area contributed by atoms with Crippen LogP contribution in [0.1, 0.15) is 30.9 Å². The first-order valence-corrected chi connectivity index (χ1v) is 9.43. The molecule has 3 aromatic rings. The number of benzene rings is 3. The lowest BCUT2D eigenvalue weighted by molar-refractivity contribution is -0.137. The molecule has 156 valence electrons. The summed E-state index contributed by atoms with van der Waals surface area (Å²) >= 11 is 0. The van der Waals surface area contributed by atoms with E-state index in [0.29, 0.717) is 5.69 Å². The first kappa shape index (κ1) is 21.2. The lowest BCUT2D eigenvalue weighted by Gasteiger charge is -2.17. The summed E-state index contributed by atoms with van der Waals surface area (Å²) in [5, 5.41) is 8.49. The van der Waals surface area contributed by atoms with Crippen molar-refractivity contribution in [3.8, 4) is 0 Å². The maximum absolute atomic E-state index is 12.9. The molecule has 0 aliphatic rings. The summed E-state index contributed by atoms with van der Waals surface area (Å²) < 4.78 is 38.6. The van der Waals surface area contributed by atoms with Crippen LogP contribution in [0.3, 0.4) is 0 Å². The Labute approximate surface area is 173 Å². The van der Waals surface area contributed by atoms with E-state index in [1.165, 1.54) is 12.1 Å². The number of carbonyl (C=O) groups excluding carboxylic acids is 1. The van der Waals surface area contributed by atoms with Gasteiger partial charge in [-0.3, -0.25) is 0 Å². The number of hydrogen-bond acceptors (Lipinski definition) is 2. The molecule has 3 rings (SSSR count). The molecule has 2 amide bonds. The Morgan fingerprint density at radius 2 is 1.50 bits per heavy atom. The van der Waals surface area contributed by atoms with Crippen molar-refractivity contribution in [2.45, 2.75) is 25.9 Å². The lowest BCUT2D eigenvalue weighted by Crippen LogP contribution is -2.21. The predicted molar refractivity (Wildman–Crippen MR) is 114 cm³/mol. The maximum atomic E-state index is 12.9. The Morgan fingerprint density at radius 3 is 2.17 bits per heavy atom. The Morgan fingerprint density at radius 1 is 0.800 bits per heavy atom. The Bertz CT molecular complexity index is 1020. The first-order chi connectivity index (χ1) is 14.2. The normalized spacial score (nSPS) is 11.3. The zero-order valence-electron chi connectivity index (χ0n) is 16.5. The minimum Gasteiger partial charge on any atom is -0.356 e. The Balaban J connectivity index is 1.74. The fourth-order valence-corrected chi connectivity index (χ4v) is 2.98. The summed E-state index contributed by atoms with van der Waals surface area (Å²) in [6.45, 7) is 4.00. The molecule has 0 unspecified atom stereocenters. The van der Waals surface area contributed by atoms with Gasteiger partial charge in [-0.15, -0.1) is 0 Å². The van der Waals surface area contributed by atoms with Crippen LogP contribution in [0.2, 0.25) is 0 Å². The van der Waals surface area contributed by atoms with Gasteiger partial charge in [-0.1, -0.05) is 38.1 Å². The predicted octanol–water partition coefficient (Wildman–Crippen LogP) is 7.22. The smallest absolute Gasteiger partial charge is 0.356 e. The van der Waals surface area contributed by atoms with Gasteiger partial charge < -0.3 is 16.0 Å². The van der Waals surface area contributed by atoms with Crippen molar-refractivity contribution in [3.63, 3.8) is 0 Å². The van der Waals surface area contributed by atoms with Gasteiger partial charge in [0.15, 0.2) is 0 Å². The summed E-state index contributed by atoms with van der Waals surface area (Å²) in [6, 6.07) is 19.1. The number of amides is 2. The molecule has 7 heteroatoms. The Kier molecular flexibility index (Phi) is 6.30. The molecule has 30 heavy (non-hydrogen) atoms. The van der Waals surface area contributed by atoms with Crippen LogP contribution in [0.15, 0.2) is 72.8 Å². The molecule has 0 heterocycles. The molecule has 3 N–H and O–H groups in total. The topological polar surface area (TPSA) is 53.2 Å². The highest BCUT2D eigenvalue weighted by molar-refractivity contribution is 6.00. The zero-order chi connectivity index (χ0) is 21.7. The van der Waals surface area contributed by atoms with E-state index in [2.05, 4.69) is 16.0 Å². The molecule has 0 radical (unpaired) electrons. The standard InChI is InChI=1S/C23H22F3N3O/c1-15(2)20-14-19(27-17-8-4-3-5-9-17)11-12-21(20)29-22(30)28-18-10-6-7-16(13-18)23(24,25)26/h3-15,27H,1-2H3,(H2,28,29,30). The van der Waals surface area contributed by atoms with E-state index in [1.807, 2.05) is 56.3 Å². The van der Waals surface area contributed by atoms with Crippen molar-refractivity contribution in [1.82, 2.24) is 0 Å². The van der Waals surface area contributed by atoms with Crippen molar-refractivity contribution >= 4 is 28.8 Å². The van der Waals surface area contributed by atoms with E-state index < -0.39 is 17.8 Å².